The SMILES string of the molecule is O=C(c1cc(F)c(F)c(F)c1)N1CCC(O)CC1. The van der Waals surface area contributed by atoms with Crippen LogP contribution >= 0.6 is 0 Å². The largest absolute Gasteiger partial charge is 0.393 e. The van der Waals surface area contributed by atoms with Crippen LogP contribution in [0.25, 0.3) is 0 Å². The smallest absolute Gasteiger partial charge is 0.254 e. The van der Waals surface area contributed by atoms with Gasteiger partial charge in [-0.3, -0.25) is 4.79 Å². The molecule has 0 radical (unpaired) electrons. The predicted octanol–water partition coefficient (Wildman–Crippen LogP) is 1.70. The number of nitrogens with zero attached hydrogens (tertiary/aromatic N) is 1. The van der Waals surface area contributed by atoms with Crippen molar-refractivity contribution in [1.82, 2.24) is 4.90 Å². The number of aliphatic hydroxyl groups is 1. The minimum absolute atomic E-state index is 0.220. The number of likely N-dealkylation sites (tertiary alicyclic amines) is 1. The first-order valence-corrected chi connectivity index (χ1v) is 5.61. The van der Waals surface area contributed by atoms with Crippen LogP contribution in [-0.2, 0) is 0 Å². The Morgan fingerprint density at radius 3 is 2.17 bits per heavy atom. The molecule has 2 rings (SSSR count). The third-order valence-corrected chi connectivity index (χ3v) is 2.98. The van der Waals surface area contributed by atoms with E-state index in [1.807, 2.05) is 0 Å². The van der Waals surface area contributed by atoms with Crippen molar-refractivity contribution in [3.63, 3.8) is 0 Å². The molecule has 1 aliphatic rings. The Labute approximate surface area is 102 Å². The first kappa shape index (κ1) is 12.9. The fourth-order valence-electron chi connectivity index (χ4n) is 1.93. The Kier molecular flexibility index (Phi) is 3.56. The monoisotopic (exact) mass is 259 g/mol. The van der Waals surface area contributed by atoms with E-state index in [2.05, 4.69) is 0 Å². The third-order valence-electron chi connectivity index (χ3n) is 2.98. The molecule has 0 aromatic heterocycles. The number of aliphatic hydroxyl groups excluding tert-OH is 1. The van der Waals surface area contributed by atoms with Crippen molar-refractivity contribution in [3.05, 3.63) is 35.1 Å². The van der Waals surface area contributed by atoms with Crippen molar-refractivity contribution in [2.75, 3.05) is 13.1 Å². The van der Waals surface area contributed by atoms with Crippen molar-refractivity contribution >= 4 is 5.91 Å². The van der Waals surface area contributed by atoms with E-state index in [1.54, 1.807) is 0 Å². The minimum Gasteiger partial charge on any atom is -0.393 e. The fourth-order valence-corrected chi connectivity index (χ4v) is 1.93. The normalized spacial score (nSPS) is 17.0. The van der Waals surface area contributed by atoms with Gasteiger partial charge in [0.1, 0.15) is 0 Å². The van der Waals surface area contributed by atoms with Gasteiger partial charge in [-0.15, -0.1) is 0 Å². The molecule has 0 saturated carbocycles. The summed E-state index contributed by atoms with van der Waals surface area (Å²) in [7, 11) is 0. The molecule has 98 valence electrons. The van der Waals surface area contributed by atoms with Crippen molar-refractivity contribution in [3.8, 4) is 0 Å². The van der Waals surface area contributed by atoms with Gasteiger partial charge in [0.05, 0.1) is 6.10 Å². The second-order valence-electron chi connectivity index (χ2n) is 4.28. The molecule has 1 heterocycles. The second-order valence-corrected chi connectivity index (χ2v) is 4.28. The molecule has 1 aromatic rings. The fraction of sp³-hybridized carbons (Fsp3) is 0.417. The molecule has 18 heavy (non-hydrogen) atoms. The Morgan fingerprint density at radius 2 is 1.67 bits per heavy atom. The number of carbonyl (C=O) groups is 1. The number of amides is 1. The standard InChI is InChI=1S/C12H12F3NO2/c13-9-5-7(6-10(14)11(9)15)12(18)16-3-1-8(17)2-4-16/h5-6,8,17H,1-4H2. The first-order chi connectivity index (χ1) is 8.49. The van der Waals surface area contributed by atoms with Crippen molar-refractivity contribution in [1.29, 1.82) is 0 Å². The highest BCUT2D eigenvalue weighted by atomic mass is 19.2. The summed E-state index contributed by atoms with van der Waals surface area (Å²) in [5.41, 5.74) is -0.220. The number of rotatable bonds is 1. The van der Waals surface area contributed by atoms with E-state index in [1.165, 1.54) is 4.90 Å². The number of carbonyl (C=O) groups excluding carboxylic acids is 1. The topological polar surface area (TPSA) is 40.5 Å². The molecule has 1 aliphatic heterocycles. The van der Waals surface area contributed by atoms with Crippen LogP contribution in [0.4, 0.5) is 13.2 Å². The molecule has 0 unspecified atom stereocenters. The van der Waals surface area contributed by atoms with Crippen molar-refractivity contribution in [2.45, 2.75) is 18.9 Å². The zero-order valence-corrected chi connectivity index (χ0v) is 9.50. The Hall–Kier alpha value is -1.56. The first-order valence-electron chi connectivity index (χ1n) is 5.61. The highest BCUT2D eigenvalue weighted by Gasteiger charge is 2.24. The van der Waals surface area contributed by atoms with E-state index in [0.717, 1.165) is 0 Å². The average molecular weight is 259 g/mol. The summed E-state index contributed by atoms with van der Waals surface area (Å²) in [6.45, 7) is 0.640. The molecule has 6 heteroatoms. The lowest BCUT2D eigenvalue weighted by Crippen LogP contribution is -2.40. The number of piperidine rings is 1. The maximum absolute atomic E-state index is 13.0. The molecular formula is C12H12F3NO2. The summed E-state index contributed by atoms with van der Waals surface area (Å²) in [4.78, 5) is 13.3. The molecule has 0 aliphatic carbocycles. The summed E-state index contributed by atoms with van der Waals surface area (Å²) >= 11 is 0. The summed E-state index contributed by atoms with van der Waals surface area (Å²) in [6.07, 6.45) is 0.409. The van der Waals surface area contributed by atoms with Crippen LogP contribution in [0.1, 0.15) is 23.2 Å². The van der Waals surface area contributed by atoms with Crippen molar-refractivity contribution in [2.24, 2.45) is 0 Å². The lowest BCUT2D eigenvalue weighted by atomic mass is 10.1. The number of halogens is 3. The molecule has 1 amide bonds. The number of hydrogen-bond donors (Lipinski definition) is 1. The molecule has 1 N–H and O–H groups in total. The van der Waals surface area contributed by atoms with Gasteiger partial charge in [-0.25, -0.2) is 13.2 Å². The highest BCUT2D eigenvalue weighted by molar-refractivity contribution is 5.94. The van der Waals surface area contributed by atoms with Crippen molar-refractivity contribution < 1.29 is 23.1 Å². The second kappa shape index (κ2) is 4.97. The van der Waals surface area contributed by atoms with Gasteiger partial charge in [-0.1, -0.05) is 0 Å². The van der Waals surface area contributed by atoms with Crippen LogP contribution in [0, 0.1) is 17.5 Å². The lowest BCUT2D eigenvalue weighted by Gasteiger charge is -2.29. The molecule has 3 nitrogen and oxygen atoms in total. The van der Waals surface area contributed by atoms with Gasteiger partial charge in [0, 0.05) is 18.7 Å². The molecular weight excluding hydrogens is 247 g/mol. The Balaban J connectivity index is 2.19. The average Bonchev–Trinajstić information content (AvgIpc) is 2.35. The van der Waals surface area contributed by atoms with Crippen LogP contribution in [0.3, 0.4) is 0 Å². The number of benzene rings is 1. The Morgan fingerprint density at radius 1 is 1.17 bits per heavy atom. The summed E-state index contributed by atoms with van der Waals surface area (Å²) < 4.78 is 38.8. The summed E-state index contributed by atoms with van der Waals surface area (Å²) in [6, 6.07) is 1.37. The third kappa shape index (κ3) is 2.48. The van der Waals surface area contributed by atoms with Gasteiger partial charge >= 0.3 is 0 Å². The molecule has 1 saturated heterocycles. The van der Waals surface area contributed by atoms with Crippen LogP contribution in [0.15, 0.2) is 12.1 Å². The van der Waals surface area contributed by atoms with E-state index in [-0.39, 0.29) is 5.56 Å². The van der Waals surface area contributed by atoms with Gasteiger partial charge in [0.15, 0.2) is 17.5 Å². The van der Waals surface area contributed by atoms with Gasteiger partial charge in [-0.2, -0.15) is 0 Å². The maximum Gasteiger partial charge on any atom is 0.254 e. The molecule has 0 bridgehead atoms. The maximum atomic E-state index is 13.0. The highest BCUT2D eigenvalue weighted by Crippen LogP contribution is 2.18. The van der Waals surface area contributed by atoms with Gasteiger partial charge in [-0.05, 0) is 25.0 Å². The van der Waals surface area contributed by atoms with Gasteiger partial charge < -0.3 is 10.0 Å². The van der Waals surface area contributed by atoms with Crippen LogP contribution in [0.5, 0.6) is 0 Å². The molecule has 0 atom stereocenters. The van der Waals surface area contributed by atoms with E-state index in [9.17, 15) is 23.1 Å². The van der Waals surface area contributed by atoms with E-state index < -0.39 is 29.5 Å². The summed E-state index contributed by atoms with van der Waals surface area (Å²) in [5.74, 6) is -4.90. The summed E-state index contributed by atoms with van der Waals surface area (Å²) in [5, 5.41) is 9.30. The minimum atomic E-state index is -1.58. The van der Waals surface area contributed by atoms with Crippen LogP contribution < -0.4 is 0 Å². The quantitative estimate of drug-likeness (QED) is 0.780. The van der Waals surface area contributed by atoms with E-state index in [0.29, 0.717) is 38.1 Å². The van der Waals surface area contributed by atoms with E-state index >= 15 is 0 Å². The Bertz CT molecular complexity index is 447. The van der Waals surface area contributed by atoms with Gasteiger partial charge in [0.2, 0.25) is 0 Å². The number of hydrogen-bond acceptors (Lipinski definition) is 2. The van der Waals surface area contributed by atoms with E-state index in [4.69, 9.17) is 0 Å². The predicted molar refractivity (Wildman–Crippen MR) is 57.5 cm³/mol. The van der Waals surface area contributed by atoms with Crippen LogP contribution in [0.2, 0.25) is 0 Å². The zero-order valence-electron chi connectivity index (χ0n) is 9.50. The zero-order chi connectivity index (χ0) is 13.3. The molecule has 0 spiro atoms. The molecule has 1 fully saturated rings. The molecule has 1 aromatic carbocycles. The lowest BCUT2D eigenvalue weighted by molar-refractivity contribution is 0.0545. The van der Waals surface area contributed by atoms with Crippen LogP contribution in [-0.4, -0.2) is 35.1 Å². The van der Waals surface area contributed by atoms with Gasteiger partial charge in [0.25, 0.3) is 5.91 Å².